The lowest BCUT2D eigenvalue weighted by Crippen LogP contribution is -2.45. The zero-order valence-corrected chi connectivity index (χ0v) is 15.7. The van der Waals surface area contributed by atoms with E-state index in [4.69, 9.17) is 5.10 Å². The first-order chi connectivity index (χ1) is 13.2. The maximum atomic E-state index is 14.5. The van der Waals surface area contributed by atoms with E-state index < -0.39 is 0 Å². The predicted molar refractivity (Wildman–Crippen MR) is 106 cm³/mol. The molecule has 5 heteroatoms. The molecule has 27 heavy (non-hydrogen) atoms. The van der Waals surface area contributed by atoms with Crippen molar-refractivity contribution in [3.63, 3.8) is 0 Å². The van der Waals surface area contributed by atoms with Crippen molar-refractivity contribution >= 4 is 0 Å². The van der Waals surface area contributed by atoms with E-state index in [0.717, 1.165) is 56.2 Å². The van der Waals surface area contributed by atoms with Crippen molar-refractivity contribution in [3.05, 3.63) is 72.2 Å². The molecule has 0 saturated carbocycles. The van der Waals surface area contributed by atoms with Crippen molar-refractivity contribution in [1.29, 1.82) is 0 Å². The van der Waals surface area contributed by atoms with Gasteiger partial charge in [-0.15, -0.1) is 0 Å². The molecule has 0 radical (unpaired) electrons. The first kappa shape index (κ1) is 17.9. The molecule has 0 amide bonds. The van der Waals surface area contributed by atoms with E-state index in [0.29, 0.717) is 5.56 Å². The van der Waals surface area contributed by atoms with Gasteiger partial charge >= 0.3 is 0 Å². The van der Waals surface area contributed by atoms with E-state index in [9.17, 15) is 4.39 Å². The summed E-state index contributed by atoms with van der Waals surface area (Å²) in [6, 6.07) is 16.9. The monoisotopic (exact) mass is 364 g/mol. The second-order valence-corrected chi connectivity index (χ2v) is 6.97. The summed E-state index contributed by atoms with van der Waals surface area (Å²) in [6.07, 6.45) is 2.04. The van der Waals surface area contributed by atoms with Gasteiger partial charge in [0, 0.05) is 50.0 Å². The van der Waals surface area contributed by atoms with Gasteiger partial charge in [0.15, 0.2) is 0 Å². The molecule has 1 fully saturated rings. The van der Waals surface area contributed by atoms with Gasteiger partial charge in [0.2, 0.25) is 0 Å². The van der Waals surface area contributed by atoms with Crippen LogP contribution in [0.4, 0.5) is 4.39 Å². The van der Waals surface area contributed by atoms with Crippen LogP contribution >= 0.6 is 0 Å². The molecule has 0 unspecified atom stereocenters. The average molecular weight is 364 g/mol. The molecular weight excluding hydrogens is 339 g/mol. The number of likely N-dealkylation sites (N-methyl/N-ethyl adjacent to an activating group) is 1. The van der Waals surface area contributed by atoms with Gasteiger partial charge in [0.05, 0.1) is 5.69 Å². The van der Waals surface area contributed by atoms with Crippen molar-refractivity contribution < 1.29 is 4.39 Å². The lowest BCUT2D eigenvalue weighted by Gasteiger charge is -2.33. The van der Waals surface area contributed by atoms with E-state index in [1.165, 1.54) is 6.07 Å². The van der Waals surface area contributed by atoms with Crippen LogP contribution in [0.1, 0.15) is 12.5 Å². The Kier molecular flexibility index (Phi) is 5.32. The third-order valence-corrected chi connectivity index (χ3v) is 5.25. The number of hydrogen-bond acceptors (Lipinski definition) is 3. The number of rotatable bonds is 5. The van der Waals surface area contributed by atoms with Crippen LogP contribution in [0.3, 0.4) is 0 Å². The minimum absolute atomic E-state index is 0.229. The fourth-order valence-corrected chi connectivity index (χ4v) is 3.62. The summed E-state index contributed by atoms with van der Waals surface area (Å²) in [5, 5.41) is 4.75. The molecule has 0 aliphatic carbocycles. The number of piperazine rings is 1. The van der Waals surface area contributed by atoms with E-state index in [-0.39, 0.29) is 5.82 Å². The topological polar surface area (TPSA) is 24.3 Å². The Labute approximate surface area is 159 Å². The highest BCUT2D eigenvalue weighted by atomic mass is 19.1. The van der Waals surface area contributed by atoms with Gasteiger partial charge in [-0.1, -0.05) is 37.3 Å². The largest absolute Gasteiger partial charge is 0.301 e. The normalized spacial score (nSPS) is 15.9. The van der Waals surface area contributed by atoms with Crippen molar-refractivity contribution in [1.82, 2.24) is 19.6 Å². The average Bonchev–Trinajstić information content (AvgIpc) is 3.13. The number of halogens is 1. The zero-order valence-electron chi connectivity index (χ0n) is 15.7. The molecule has 1 aliphatic rings. The fourth-order valence-electron chi connectivity index (χ4n) is 3.62. The highest BCUT2D eigenvalue weighted by Crippen LogP contribution is 2.27. The summed E-state index contributed by atoms with van der Waals surface area (Å²) in [6.45, 7) is 8.31. The van der Waals surface area contributed by atoms with Crippen LogP contribution in [0.15, 0.2) is 60.8 Å². The molecule has 140 valence electrons. The summed E-state index contributed by atoms with van der Waals surface area (Å²) in [7, 11) is 0. The summed E-state index contributed by atoms with van der Waals surface area (Å²) >= 11 is 0. The minimum atomic E-state index is -0.229. The molecule has 0 atom stereocenters. The van der Waals surface area contributed by atoms with Crippen molar-refractivity contribution in [3.8, 4) is 16.9 Å². The molecule has 1 aromatic heterocycles. The Hall–Kier alpha value is -2.50. The first-order valence-electron chi connectivity index (χ1n) is 9.58. The lowest BCUT2D eigenvalue weighted by molar-refractivity contribution is 0.132. The standard InChI is InChI=1S/C22H25FN4/c1-2-25-12-14-26(15-13-25)16-18-17-27(19-8-4-3-5-9-19)24-22(18)20-10-6-7-11-21(20)23/h3-11,17H,2,12-16H2,1H3. The summed E-state index contributed by atoms with van der Waals surface area (Å²) < 4.78 is 16.3. The van der Waals surface area contributed by atoms with Crippen LogP contribution in [0.5, 0.6) is 0 Å². The Bertz CT molecular complexity index is 882. The summed E-state index contributed by atoms with van der Waals surface area (Å²) in [5.74, 6) is -0.229. The Morgan fingerprint density at radius 2 is 1.56 bits per heavy atom. The molecule has 2 heterocycles. The van der Waals surface area contributed by atoms with E-state index >= 15 is 0 Å². The number of benzene rings is 2. The Morgan fingerprint density at radius 1 is 0.889 bits per heavy atom. The van der Waals surface area contributed by atoms with Gasteiger partial charge < -0.3 is 4.90 Å². The minimum Gasteiger partial charge on any atom is -0.301 e. The predicted octanol–water partition coefficient (Wildman–Crippen LogP) is 3.82. The lowest BCUT2D eigenvalue weighted by atomic mass is 10.1. The van der Waals surface area contributed by atoms with Crippen LogP contribution in [-0.2, 0) is 6.54 Å². The maximum Gasteiger partial charge on any atom is 0.132 e. The van der Waals surface area contributed by atoms with Gasteiger partial charge in [-0.3, -0.25) is 4.90 Å². The van der Waals surface area contributed by atoms with Crippen molar-refractivity contribution in [2.75, 3.05) is 32.7 Å². The number of hydrogen-bond donors (Lipinski definition) is 0. The highest BCUT2D eigenvalue weighted by Gasteiger charge is 2.20. The van der Waals surface area contributed by atoms with Crippen LogP contribution < -0.4 is 0 Å². The van der Waals surface area contributed by atoms with Crippen LogP contribution in [0.25, 0.3) is 16.9 Å². The van der Waals surface area contributed by atoms with E-state index in [2.05, 4.69) is 16.7 Å². The first-order valence-corrected chi connectivity index (χ1v) is 9.58. The van der Waals surface area contributed by atoms with Crippen LogP contribution in [0.2, 0.25) is 0 Å². The van der Waals surface area contributed by atoms with Gasteiger partial charge in [-0.05, 0) is 30.8 Å². The van der Waals surface area contributed by atoms with Crippen LogP contribution in [-0.4, -0.2) is 52.3 Å². The third kappa shape index (κ3) is 3.94. The quantitative estimate of drug-likeness (QED) is 0.688. The summed E-state index contributed by atoms with van der Waals surface area (Å²) in [5.41, 5.74) is 3.34. The van der Waals surface area contributed by atoms with Crippen LogP contribution in [0, 0.1) is 5.82 Å². The maximum absolute atomic E-state index is 14.5. The fraction of sp³-hybridized carbons (Fsp3) is 0.318. The molecule has 0 bridgehead atoms. The number of nitrogens with zero attached hydrogens (tertiary/aromatic N) is 4. The van der Waals surface area contributed by atoms with E-state index in [1.807, 2.05) is 53.3 Å². The molecule has 1 aliphatic heterocycles. The smallest absolute Gasteiger partial charge is 0.132 e. The highest BCUT2D eigenvalue weighted by molar-refractivity contribution is 5.64. The van der Waals surface area contributed by atoms with Gasteiger partial charge in [-0.25, -0.2) is 9.07 Å². The third-order valence-electron chi connectivity index (χ3n) is 5.25. The molecule has 4 rings (SSSR count). The molecule has 4 nitrogen and oxygen atoms in total. The zero-order chi connectivity index (χ0) is 18.6. The van der Waals surface area contributed by atoms with Gasteiger partial charge in [0.25, 0.3) is 0 Å². The molecule has 0 N–H and O–H groups in total. The second kappa shape index (κ2) is 8.03. The number of para-hydroxylation sites is 1. The Morgan fingerprint density at radius 3 is 2.26 bits per heavy atom. The van der Waals surface area contributed by atoms with E-state index in [1.54, 1.807) is 6.07 Å². The van der Waals surface area contributed by atoms with Gasteiger partial charge in [0.1, 0.15) is 11.5 Å². The molecule has 2 aromatic carbocycles. The number of aromatic nitrogens is 2. The molecule has 0 spiro atoms. The summed E-state index contributed by atoms with van der Waals surface area (Å²) in [4.78, 5) is 4.89. The Balaban J connectivity index is 1.67. The molecule has 3 aromatic rings. The van der Waals surface area contributed by atoms with Gasteiger partial charge in [-0.2, -0.15) is 5.10 Å². The van der Waals surface area contributed by atoms with Crippen molar-refractivity contribution in [2.24, 2.45) is 0 Å². The SMILES string of the molecule is CCN1CCN(Cc2cn(-c3ccccc3)nc2-c2ccccc2F)CC1. The molecule has 1 saturated heterocycles. The molecular formula is C22H25FN4. The second-order valence-electron chi connectivity index (χ2n) is 6.97. The van der Waals surface area contributed by atoms with Crippen molar-refractivity contribution in [2.45, 2.75) is 13.5 Å².